The number of nitrogens with one attached hydrogen (secondary N) is 2. The molecule has 0 aromatic carbocycles. The van der Waals surface area contributed by atoms with E-state index >= 15 is 0 Å². The summed E-state index contributed by atoms with van der Waals surface area (Å²) in [5, 5.41) is 8.94. The van der Waals surface area contributed by atoms with Gasteiger partial charge < -0.3 is 10.1 Å². The summed E-state index contributed by atoms with van der Waals surface area (Å²) in [5.74, 6) is -1.25. The standard InChI is InChI=1S/C8H14N4O4S/c1-12(2)17(15,16)11-7(8(13)14)3-6-4-9-5-10-6/h4-5,7,11H,3H2,1-2H3,(H,9,10)(H,13,14)/t7-/m1/s1. The summed E-state index contributed by atoms with van der Waals surface area (Å²) in [5.41, 5.74) is 0.541. The Balaban J connectivity index is 2.78. The van der Waals surface area contributed by atoms with Gasteiger partial charge in [-0.05, 0) is 0 Å². The van der Waals surface area contributed by atoms with E-state index in [1.54, 1.807) is 0 Å². The number of aliphatic carboxylic acids is 1. The van der Waals surface area contributed by atoms with Crippen LogP contribution in [0.2, 0.25) is 0 Å². The molecule has 0 aliphatic rings. The molecule has 0 aliphatic carbocycles. The van der Waals surface area contributed by atoms with Crippen molar-refractivity contribution >= 4 is 16.2 Å². The lowest BCUT2D eigenvalue weighted by molar-refractivity contribution is -0.138. The van der Waals surface area contributed by atoms with Gasteiger partial charge in [-0.25, -0.2) is 4.98 Å². The third-order valence-corrected chi connectivity index (χ3v) is 3.59. The number of H-pyrrole nitrogens is 1. The van der Waals surface area contributed by atoms with Gasteiger partial charge in [0.15, 0.2) is 0 Å². The third kappa shape index (κ3) is 3.80. The Morgan fingerprint density at radius 3 is 2.71 bits per heavy atom. The molecule has 1 heterocycles. The summed E-state index contributed by atoms with van der Waals surface area (Å²) < 4.78 is 26.0. The minimum absolute atomic E-state index is 0.00238. The van der Waals surface area contributed by atoms with Gasteiger partial charge in [0.05, 0.1) is 6.33 Å². The average Bonchev–Trinajstić information content (AvgIpc) is 2.68. The molecule has 0 aliphatic heterocycles. The molecule has 1 aromatic heterocycles. The highest BCUT2D eigenvalue weighted by molar-refractivity contribution is 7.87. The molecule has 0 saturated heterocycles. The fourth-order valence-corrected chi connectivity index (χ4v) is 1.84. The Labute approximate surface area is 98.8 Å². The van der Waals surface area contributed by atoms with Crippen LogP contribution in [0.5, 0.6) is 0 Å². The van der Waals surface area contributed by atoms with Crippen molar-refractivity contribution in [1.82, 2.24) is 19.0 Å². The van der Waals surface area contributed by atoms with Gasteiger partial charge in [-0.2, -0.15) is 17.4 Å². The normalized spacial score (nSPS) is 13.8. The first-order valence-electron chi connectivity index (χ1n) is 4.73. The summed E-state index contributed by atoms with van der Waals surface area (Å²) in [7, 11) is -1.14. The van der Waals surface area contributed by atoms with E-state index < -0.39 is 22.2 Å². The van der Waals surface area contributed by atoms with E-state index in [-0.39, 0.29) is 6.42 Å². The molecule has 3 N–H and O–H groups in total. The third-order valence-electron chi connectivity index (χ3n) is 2.05. The van der Waals surface area contributed by atoms with Crippen LogP contribution in [0.3, 0.4) is 0 Å². The zero-order valence-corrected chi connectivity index (χ0v) is 10.2. The van der Waals surface area contributed by atoms with Crippen LogP contribution >= 0.6 is 0 Å². The summed E-state index contributed by atoms with van der Waals surface area (Å²) >= 11 is 0. The van der Waals surface area contributed by atoms with E-state index in [1.807, 2.05) is 0 Å². The lowest BCUT2D eigenvalue weighted by Gasteiger charge is -2.17. The van der Waals surface area contributed by atoms with Crippen molar-refractivity contribution in [2.45, 2.75) is 12.5 Å². The zero-order valence-electron chi connectivity index (χ0n) is 9.41. The molecular formula is C8H14N4O4S. The number of carbonyl (C=O) groups is 1. The van der Waals surface area contributed by atoms with E-state index in [4.69, 9.17) is 5.11 Å². The number of carboxylic acid groups (broad SMARTS) is 1. The van der Waals surface area contributed by atoms with Gasteiger partial charge in [0.1, 0.15) is 6.04 Å². The van der Waals surface area contributed by atoms with Crippen molar-refractivity contribution in [3.63, 3.8) is 0 Å². The maximum absolute atomic E-state index is 11.5. The summed E-state index contributed by atoms with van der Waals surface area (Å²) in [6.45, 7) is 0. The highest BCUT2D eigenvalue weighted by Crippen LogP contribution is 2.01. The number of hydrogen-bond donors (Lipinski definition) is 3. The molecule has 17 heavy (non-hydrogen) atoms. The SMILES string of the molecule is CN(C)S(=O)(=O)N[C@H](Cc1cnc[nH]1)C(=O)O. The monoisotopic (exact) mass is 262 g/mol. The number of aromatic amines is 1. The number of hydrogen-bond acceptors (Lipinski definition) is 4. The molecule has 0 saturated carbocycles. The van der Waals surface area contributed by atoms with Gasteiger partial charge in [-0.15, -0.1) is 0 Å². The topological polar surface area (TPSA) is 115 Å². The van der Waals surface area contributed by atoms with Crippen LogP contribution in [-0.2, 0) is 21.4 Å². The quantitative estimate of drug-likeness (QED) is 0.595. The first kappa shape index (κ1) is 13.6. The molecule has 1 atom stereocenters. The summed E-state index contributed by atoms with van der Waals surface area (Å²) in [6, 6.07) is -1.23. The molecule has 1 rings (SSSR count). The smallest absolute Gasteiger partial charge is 0.322 e. The zero-order chi connectivity index (χ0) is 13.1. The van der Waals surface area contributed by atoms with Crippen molar-refractivity contribution in [3.8, 4) is 0 Å². The molecule has 96 valence electrons. The maximum atomic E-state index is 11.5. The number of nitrogens with zero attached hydrogens (tertiary/aromatic N) is 2. The first-order chi connectivity index (χ1) is 7.83. The van der Waals surface area contributed by atoms with E-state index in [0.29, 0.717) is 5.69 Å². The molecule has 8 nitrogen and oxygen atoms in total. The number of rotatable bonds is 6. The van der Waals surface area contributed by atoms with Gasteiger partial charge in [0.2, 0.25) is 0 Å². The maximum Gasteiger partial charge on any atom is 0.322 e. The predicted molar refractivity (Wildman–Crippen MR) is 59.5 cm³/mol. The Kier molecular flexibility index (Phi) is 4.21. The molecule has 0 fully saturated rings. The molecule has 0 spiro atoms. The largest absolute Gasteiger partial charge is 0.480 e. The van der Waals surface area contributed by atoms with E-state index in [1.165, 1.54) is 26.6 Å². The van der Waals surface area contributed by atoms with E-state index in [2.05, 4.69) is 14.7 Å². The van der Waals surface area contributed by atoms with Crippen molar-refractivity contribution in [3.05, 3.63) is 18.2 Å². The second-order valence-corrected chi connectivity index (χ2v) is 5.49. The summed E-state index contributed by atoms with van der Waals surface area (Å²) in [6.07, 6.45) is 2.84. The van der Waals surface area contributed by atoms with Gasteiger partial charge >= 0.3 is 5.97 Å². The van der Waals surface area contributed by atoms with Crippen molar-refractivity contribution < 1.29 is 18.3 Å². The molecule has 0 bridgehead atoms. The van der Waals surface area contributed by atoms with Crippen LogP contribution in [0.4, 0.5) is 0 Å². The Morgan fingerprint density at radius 1 is 1.65 bits per heavy atom. The fourth-order valence-electron chi connectivity index (χ4n) is 1.08. The Hall–Kier alpha value is -1.45. The minimum atomic E-state index is -3.78. The van der Waals surface area contributed by atoms with Crippen LogP contribution < -0.4 is 4.72 Å². The van der Waals surface area contributed by atoms with Gasteiger partial charge in [0, 0.05) is 32.4 Å². The van der Waals surface area contributed by atoms with Gasteiger partial charge in [0.25, 0.3) is 10.2 Å². The lowest BCUT2D eigenvalue weighted by atomic mass is 10.2. The highest BCUT2D eigenvalue weighted by atomic mass is 32.2. The second kappa shape index (κ2) is 5.25. The summed E-state index contributed by atoms with van der Waals surface area (Å²) in [4.78, 5) is 17.4. The first-order valence-corrected chi connectivity index (χ1v) is 6.17. The van der Waals surface area contributed by atoms with E-state index in [9.17, 15) is 13.2 Å². The molecular weight excluding hydrogens is 248 g/mol. The number of imidazole rings is 1. The van der Waals surface area contributed by atoms with Crippen molar-refractivity contribution in [1.29, 1.82) is 0 Å². The minimum Gasteiger partial charge on any atom is -0.480 e. The Morgan fingerprint density at radius 2 is 2.29 bits per heavy atom. The molecule has 0 radical (unpaired) electrons. The number of carboxylic acids is 1. The average molecular weight is 262 g/mol. The Bertz CT molecular complexity index is 468. The molecule has 9 heteroatoms. The molecule has 0 unspecified atom stereocenters. The van der Waals surface area contributed by atoms with Crippen molar-refractivity contribution in [2.75, 3.05) is 14.1 Å². The molecule has 1 aromatic rings. The lowest BCUT2D eigenvalue weighted by Crippen LogP contribution is -2.47. The molecule has 0 amide bonds. The predicted octanol–water partition coefficient (Wildman–Crippen LogP) is -1.20. The number of aromatic nitrogens is 2. The van der Waals surface area contributed by atoms with Gasteiger partial charge in [-0.1, -0.05) is 0 Å². The van der Waals surface area contributed by atoms with Crippen LogP contribution in [0.1, 0.15) is 5.69 Å². The van der Waals surface area contributed by atoms with Crippen LogP contribution in [-0.4, -0.2) is 53.9 Å². The van der Waals surface area contributed by atoms with Gasteiger partial charge in [-0.3, -0.25) is 4.79 Å². The van der Waals surface area contributed by atoms with E-state index in [0.717, 1.165) is 4.31 Å². The van der Waals surface area contributed by atoms with Crippen LogP contribution in [0.25, 0.3) is 0 Å². The van der Waals surface area contributed by atoms with Crippen molar-refractivity contribution in [2.24, 2.45) is 0 Å². The highest BCUT2D eigenvalue weighted by Gasteiger charge is 2.25. The van der Waals surface area contributed by atoms with Crippen LogP contribution in [0, 0.1) is 0 Å². The van der Waals surface area contributed by atoms with Crippen LogP contribution in [0.15, 0.2) is 12.5 Å². The fraction of sp³-hybridized carbons (Fsp3) is 0.500. The second-order valence-electron chi connectivity index (χ2n) is 3.58.